The predicted octanol–water partition coefficient (Wildman–Crippen LogP) is -8.50. The summed E-state index contributed by atoms with van der Waals surface area (Å²) in [6.45, 7) is -2.06. The lowest BCUT2D eigenvalue weighted by Crippen LogP contribution is -2.73. The van der Waals surface area contributed by atoms with Crippen molar-refractivity contribution in [1.82, 2.24) is 14.9 Å². The maximum Gasteiger partial charge on any atom is 0.475 e. The van der Waals surface area contributed by atoms with Gasteiger partial charge in [0.25, 0.3) is 5.79 Å². The van der Waals surface area contributed by atoms with E-state index in [9.17, 15) is 85.1 Å². The Bertz CT molecular complexity index is 1950. The number of hydrogen-bond acceptors (Lipinski definition) is 29. The third-order valence-electron chi connectivity index (χ3n) is 11.2. The summed E-state index contributed by atoms with van der Waals surface area (Å²) >= 11 is 1.34. The molecule has 16 N–H and O–H groups in total. The number of nitrogens with two attached hydrogens (primary N) is 1. The second kappa shape index (κ2) is 24.0. The van der Waals surface area contributed by atoms with Gasteiger partial charge in [-0.1, -0.05) is 0 Å². The van der Waals surface area contributed by atoms with Gasteiger partial charge in [-0.3, -0.25) is 13.9 Å². The molecular weight excluding hydrogens is 987 g/mol. The van der Waals surface area contributed by atoms with E-state index in [1.54, 1.807) is 0 Å². The van der Waals surface area contributed by atoms with Crippen molar-refractivity contribution in [2.75, 3.05) is 50.6 Å². The van der Waals surface area contributed by atoms with Crippen LogP contribution in [-0.2, 0) is 56.4 Å². The molecule has 0 saturated carbocycles. The monoisotopic (exact) mass is 1040 g/mol. The first kappa shape index (κ1) is 56.6. The minimum Gasteiger partial charge on any atom is -0.465 e. The smallest absolute Gasteiger partial charge is 0.465 e. The Kier molecular flexibility index (Phi) is 19.9. The number of nitrogens with zero attached hydrogens (tertiary/aromatic N) is 2. The zero-order valence-electron chi connectivity index (χ0n) is 36.1. The molecule has 22 atom stereocenters. The molecule has 0 bridgehead atoms. The number of esters is 1. The number of carbonyl (C=O) groups is 2. The molecule has 0 radical (unpaired) electrons. The van der Waals surface area contributed by atoms with Gasteiger partial charge < -0.3 is 110 Å². The number of aliphatic hydroxyl groups excluding tert-OH is 12. The van der Waals surface area contributed by atoms with Gasteiger partial charge in [-0.05, 0) is 6.07 Å². The second-order valence-corrected chi connectivity index (χ2v) is 19.7. The van der Waals surface area contributed by atoms with E-state index < -0.39 is 173 Å². The van der Waals surface area contributed by atoms with Crippen molar-refractivity contribution in [2.24, 2.45) is 0 Å². The fourth-order valence-electron chi connectivity index (χ4n) is 7.69. The van der Waals surface area contributed by atoms with Crippen LogP contribution in [0.1, 0.15) is 13.2 Å². The number of aliphatic hydroxyl groups is 12. The number of phosphoric acid groups is 1. The van der Waals surface area contributed by atoms with Gasteiger partial charge in [-0.2, -0.15) is 4.98 Å². The van der Waals surface area contributed by atoms with Crippen molar-refractivity contribution in [2.45, 2.75) is 134 Å². The average Bonchev–Trinajstić information content (AvgIpc) is 3.58. The normalized spacial score (nSPS) is 40.5. The highest BCUT2D eigenvalue weighted by Gasteiger charge is 2.65. The van der Waals surface area contributed by atoms with Crippen LogP contribution in [0.3, 0.4) is 0 Å². The molecule has 0 aromatic carbocycles. The van der Waals surface area contributed by atoms with Gasteiger partial charge in [0, 0.05) is 31.1 Å². The predicted molar refractivity (Wildman–Crippen MR) is 223 cm³/mol. The number of carbonyl (C=O) groups excluding carboxylic acids is 2. The van der Waals surface area contributed by atoms with Crippen LogP contribution < -0.4 is 16.7 Å². The summed E-state index contributed by atoms with van der Waals surface area (Å²) in [5.74, 6) is -6.42. The lowest BCUT2D eigenvalue weighted by atomic mass is 9.88. The number of hydrogen-bond donors (Lipinski definition) is 15. The van der Waals surface area contributed by atoms with Crippen molar-refractivity contribution in [3.8, 4) is 0 Å². The lowest BCUT2D eigenvalue weighted by Gasteiger charge is -2.50. The number of nitrogens with one attached hydrogen (secondary N) is 1. The highest BCUT2D eigenvalue weighted by atomic mass is 32.2. The number of ether oxygens (including phenoxy) is 7. The molecule has 0 aliphatic carbocycles. The Balaban J connectivity index is 1.38. The van der Waals surface area contributed by atoms with E-state index in [0.717, 1.165) is 43.7 Å². The van der Waals surface area contributed by atoms with Gasteiger partial charge in [0.05, 0.1) is 50.4 Å². The molecule has 30 nitrogen and oxygen atoms in total. The minimum absolute atomic E-state index is 0.182. The maximum absolute atomic E-state index is 13.9. The van der Waals surface area contributed by atoms with Crippen LogP contribution >= 0.6 is 31.3 Å². The van der Waals surface area contributed by atoms with Crippen LogP contribution in [0.5, 0.6) is 0 Å². The van der Waals surface area contributed by atoms with Crippen molar-refractivity contribution in [3.63, 3.8) is 0 Å². The van der Waals surface area contributed by atoms with Crippen LogP contribution in [0.15, 0.2) is 17.1 Å². The Morgan fingerprint density at radius 2 is 1.57 bits per heavy atom. The number of rotatable bonds is 20. The van der Waals surface area contributed by atoms with Crippen LogP contribution in [0.2, 0.25) is 0 Å². The number of nitrogen functional groups attached to an aromatic ring is 1. The van der Waals surface area contributed by atoms with E-state index >= 15 is 0 Å². The van der Waals surface area contributed by atoms with E-state index in [4.69, 9.17) is 47.9 Å². The van der Waals surface area contributed by atoms with Gasteiger partial charge in [-0.25, -0.2) is 18.7 Å². The van der Waals surface area contributed by atoms with Gasteiger partial charge in [0.2, 0.25) is 5.91 Å². The number of amides is 1. The van der Waals surface area contributed by atoms with Crippen molar-refractivity contribution >= 4 is 49.0 Å². The summed E-state index contributed by atoms with van der Waals surface area (Å²) in [6.07, 6.45) is -31.5. The molecule has 390 valence electrons. The summed E-state index contributed by atoms with van der Waals surface area (Å²) in [5, 5.41) is 128. The Morgan fingerprint density at radius 1 is 0.926 bits per heavy atom. The summed E-state index contributed by atoms with van der Waals surface area (Å²) in [4.78, 5) is 53.4. The fourth-order valence-corrected chi connectivity index (χ4v) is 11.4. The Hall–Kier alpha value is -2.29. The average molecular weight is 1040 g/mol. The zero-order valence-corrected chi connectivity index (χ0v) is 38.6. The lowest BCUT2D eigenvalue weighted by molar-refractivity contribution is -0.353. The molecule has 1 amide bonds. The standard InChI is InChI=1S/C35H57N4O26PS2/c1-11(42)37-17-21(47)29(68-10-67-9-15-20(46)22(48)25(51)32(62-15)63-27-13(7-41)61-31(57-2)26(52)23(27)49)35(33(53)58-3,64-28(17)18(44)12(43)6-40)65-66(55,56)59-8-14-19(45)24(50)30(60-14)39-5-4-16(36)38-34(39)54/h4-5,12-15,17-32,40-41,43-52H,6-10H2,1-3H3,(H,37,42)(H,55,56)(H2,36,38,54)/t12-,13-,14-,15-,17-,18-,19-,20+,21-,22+,23-,24-,25-,26-,27+,28-,29-,30-,31-,32+,35-/m1/s1. The van der Waals surface area contributed by atoms with Gasteiger partial charge in [0.15, 0.2) is 18.8 Å². The number of aromatic nitrogens is 2. The van der Waals surface area contributed by atoms with Crippen molar-refractivity contribution < 1.29 is 123 Å². The van der Waals surface area contributed by atoms with Crippen LogP contribution in [0.25, 0.3) is 0 Å². The topological polar surface area (TPSA) is 470 Å². The highest BCUT2D eigenvalue weighted by Crippen LogP contribution is 2.54. The summed E-state index contributed by atoms with van der Waals surface area (Å²) in [6, 6.07) is -0.619. The number of methoxy groups -OCH3 is 2. The molecule has 4 saturated heterocycles. The first-order valence-corrected chi connectivity index (χ1v) is 24.1. The fraction of sp³-hybridized carbons (Fsp3) is 0.829. The summed E-state index contributed by atoms with van der Waals surface area (Å²) < 4.78 is 63.1. The van der Waals surface area contributed by atoms with Gasteiger partial charge in [0.1, 0.15) is 85.2 Å². The summed E-state index contributed by atoms with van der Waals surface area (Å²) in [7, 11) is -3.89. The van der Waals surface area contributed by atoms with E-state index in [2.05, 4.69) is 10.3 Å². The molecule has 68 heavy (non-hydrogen) atoms. The van der Waals surface area contributed by atoms with Crippen molar-refractivity contribution in [3.05, 3.63) is 22.7 Å². The quantitative estimate of drug-likeness (QED) is 0.0250. The minimum atomic E-state index is -5.82. The molecule has 5 heterocycles. The van der Waals surface area contributed by atoms with Crippen LogP contribution in [-0.4, -0.2) is 254 Å². The number of anilines is 1. The third-order valence-corrected chi connectivity index (χ3v) is 14.9. The first-order chi connectivity index (χ1) is 32.0. The van der Waals surface area contributed by atoms with Crippen LogP contribution in [0, 0.1) is 0 Å². The molecule has 4 fully saturated rings. The molecule has 5 rings (SSSR count). The van der Waals surface area contributed by atoms with Gasteiger partial charge >= 0.3 is 19.5 Å². The molecule has 1 unspecified atom stereocenters. The van der Waals surface area contributed by atoms with E-state index in [0.29, 0.717) is 11.8 Å². The van der Waals surface area contributed by atoms with Gasteiger partial charge in [-0.15, -0.1) is 23.5 Å². The molecule has 0 spiro atoms. The SMILES string of the molecule is COC(=O)[C@@]1(OP(=O)(O)OC[C@H]2O[C@@H](n3ccc(N)nc3=O)[C@H](O)[C@@H]2O)O[C@@H]([C@H](O)[C@H](O)CO)[C@H](NC(C)=O)[C@@H](O)[C@H]1SCSC[C@H]1O[C@@H](O[C@@H]2[C@H](O)[C@@H](O)[C@H](OC)O[C@@H]2CO)[C@H](O)[C@@H](O)[C@H]1O. The maximum atomic E-state index is 13.9. The molecule has 33 heteroatoms. The van der Waals surface area contributed by atoms with Crippen LogP contribution in [0.4, 0.5) is 5.82 Å². The van der Waals surface area contributed by atoms with E-state index in [-0.39, 0.29) is 16.7 Å². The first-order valence-electron chi connectivity index (χ1n) is 20.4. The molecular formula is C35H57N4O26PS2. The number of thioether (sulfide) groups is 2. The molecule has 1 aromatic heterocycles. The van der Waals surface area contributed by atoms with E-state index in [1.165, 1.54) is 6.07 Å². The Morgan fingerprint density at radius 3 is 2.18 bits per heavy atom. The summed E-state index contributed by atoms with van der Waals surface area (Å²) in [5.41, 5.74) is 4.51. The van der Waals surface area contributed by atoms with Crippen molar-refractivity contribution in [1.29, 1.82) is 0 Å². The second-order valence-electron chi connectivity index (χ2n) is 15.8. The largest absolute Gasteiger partial charge is 0.475 e. The molecule has 4 aliphatic heterocycles. The molecule has 4 aliphatic rings. The molecule has 1 aromatic rings. The van der Waals surface area contributed by atoms with E-state index in [1.807, 2.05) is 0 Å². The third kappa shape index (κ3) is 12.3. The Labute approximate surface area is 393 Å². The highest BCUT2D eigenvalue weighted by molar-refractivity contribution is 8.16. The zero-order chi connectivity index (χ0) is 50.6. The number of phosphoric ester groups is 1.